The molecule has 0 aromatic heterocycles. The molecule has 328 valence electrons. The molecule has 1 saturated carbocycles. The zero-order valence-electron chi connectivity index (χ0n) is 34.4. The van der Waals surface area contributed by atoms with E-state index in [0.29, 0.717) is 19.3 Å². The number of ether oxygens (including phenoxy) is 2. The monoisotopic (exact) mass is 828 g/mol. The quantitative estimate of drug-likeness (QED) is 0.0165. The van der Waals surface area contributed by atoms with Crippen molar-refractivity contribution in [3.05, 3.63) is 60.8 Å². The summed E-state index contributed by atoms with van der Waals surface area (Å²) in [6.07, 6.45) is 25.7. The number of unbranched alkanes of at least 4 members (excludes halogenated alkanes) is 11. The van der Waals surface area contributed by atoms with Gasteiger partial charge in [-0.25, -0.2) is 4.57 Å². The Balaban J connectivity index is 2.55. The molecule has 0 aromatic rings. The first-order valence-corrected chi connectivity index (χ1v) is 22.6. The van der Waals surface area contributed by atoms with Gasteiger partial charge < -0.3 is 39.9 Å². The second kappa shape index (κ2) is 33.4. The molecule has 0 amide bonds. The second-order valence-electron chi connectivity index (χ2n) is 14.5. The van der Waals surface area contributed by atoms with E-state index in [1.54, 1.807) is 0 Å². The molecular formula is C43H73O13P. The van der Waals surface area contributed by atoms with Crippen LogP contribution in [0.2, 0.25) is 0 Å². The number of esters is 2. The first-order valence-electron chi connectivity index (χ1n) is 21.1. The van der Waals surface area contributed by atoms with Crippen molar-refractivity contribution in [2.45, 2.75) is 185 Å². The zero-order chi connectivity index (χ0) is 42.2. The van der Waals surface area contributed by atoms with E-state index < -0.39 is 75.7 Å². The summed E-state index contributed by atoms with van der Waals surface area (Å²) in [4.78, 5) is 35.5. The van der Waals surface area contributed by atoms with Crippen LogP contribution < -0.4 is 0 Å². The maximum atomic E-state index is 12.8. The number of aliphatic hydroxyl groups excluding tert-OH is 5. The van der Waals surface area contributed by atoms with Crippen LogP contribution in [0.5, 0.6) is 0 Å². The molecule has 57 heavy (non-hydrogen) atoms. The molecule has 0 spiro atoms. The average molecular weight is 829 g/mol. The SMILES string of the molecule is CC/C=C\C/C=C\C/C=C\C/C=C\CCCCC(=O)OC(COC(=O)CCCCCCC/C=C\CCCCCC)COP(=O)(O)OC1C(O)C(O)C(O)C(O)C1O. The number of carbonyl (C=O) groups excluding carboxylic acids is 2. The van der Waals surface area contributed by atoms with Gasteiger partial charge in [0.1, 0.15) is 43.2 Å². The van der Waals surface area contributed by atoms with Gasteiger partial charge in [0.05, 0.1) is 6.61 Å². The van der Waals surface area contributed by atoms with Crippen LogP contribution in [0.15, 0.2) is 60.8 Å². The Bertz CT molecular complexity index is 1230. The predicted molar refractivity (Wildman–Crippen MR) is 221 cm³/mol. The van der Waals surface area contributed by atoms with E-state index in [1.807, 2.05) is 6.08 Å². The molecule has 13 nitrogen and oxygen atoms in total. The number of hydrogen-bond acceptors (Lipinski definition) is 12. The zero-order valence-corrected chi connectivity index (χ0v) is 35.3. The van der Waals surface area contributed by atoms with Crippen LogP contribution in [-0.4, -0.2) is 98.3 Å². The lowest BCUT2D eigenvalue weighted by Crippen LogP contribution is -2.64. The molecule has 1 aliphatic rings. The fourth-order valence-electron chi connectivity index (χ4n) is 5.92. The highest BCUT2D eigenvalue weighted by Crippen LogP contribution is 2.47. The Kier molecular flexibility index (Phi) is 30.8. The van der Waals surface area contributed by atoms with Crippen LogP contribution in [0.4, 0.5) is 0 Å². The van der Waals surface area contributed by atoms with E-state index in [1.165, 1.54) is 25.7 Å². The average Bonchev–Trinajstić information content (AvgIpc) is 3.19. The first kappa shape index (κ1) is 52.6. The van der Waals surface area contributed by atoms with Crippen LogP contribution >= 0.6 is 7.82 Å². The third-order valence-electron chi connectivity index (χ3n) is 9.34. The van der Waals surface area contributed by atoms with E-state index in [4.69, 9.17) is 18.5 Å². The van der Waals surface area contributed by atoms with Gasteiger partial charge in [-0.3, -0.25) is 18.6 Å². The molecule has 1 fully saturated rings. The van der Waals surface area contributed by atoms with Crippen LogP contribution in [0.3, 0.4) is 0 Å². The third-order valence-corrected chi connectivity index (χ3v) is 10.3. The molecule has 0 saturated heterocycles. The molecule has 0 bridgehead atoms. The van der Waals surface area contributed by atoms with E-state index in [0.717, 1.165) is 70.6 Å². The number of rotatable bonds is 33. The standard InChI is InChI=1S/C43H73O13P/c1-3-5-7-9-11-13-15-17-18-20-22-24-26-28-30-32-37(45)55-35(34-54-57(51,52)56-43-41(49)39(47)38(46)40(48)42(43)50)33-53-36(44)31-29-27-25-23-21-19-16-14-12-10-8-6-4-2/h5,7,11,13-14,16-18,22,24,35,38-43,46-50H,3-4,6,8-10,12,15,19-21,23,25-34H2,1-2H3,(H,51,52)/b7-5-,13-11-,16-14-,18-17-,24-22-. The highest BCUT2D eigenvalue weighted by atomic mass is 31.2. The summed E-state index contributed by atoms with van der Waals surface area (Å²) in [5.41, 5.74) is 0. The fourth-order valence-corrected chi connectivity index (χ4v) is 6.89. The van der Waals surface area contributed by atoms with Crippen molar-refractivity contribution in [1.82, 2.24) is 0 Å². The molecule has 0 aliphatic heterocycles. The Hall–Kier alpha value is -2.45. The van der Waals surface area contributed by atoms with Crippen LogP contribution in [-0.2, 0) is 32.7 Å². The van der Waals surface area contributed by atoms with Crippen molar-refractivity contribution in [1.29, 1.82) is 0 Å². The topological polar surface area (TPSA) is 210 Å². The van der Waals surface area contributed by atoms with Gasteiger partial charge in [-0.15, -0.1) is 0 Å². The number of allylic oxidation sites excluding steroid dienone is 10. The summed E-state index contributed by atoms with van der Waals surface area (Å²) in [6.45, 7) is 3.10. The van der Waals surface area contributed by atoms with Crippen LogP contribution in [0.25, 0.3) is 0 Å². The molecule has 0 heterocycles. The van der Waals surface area contributed by atoms with Crippen molar-refractivity contribution in [3.8, 4) is 0 Å². The lowest BCUT2D eigenvalue weighted by atomic mass is 9.85. The molecule has 1 aliphatic carbocycles. The maximum absolute atomic E-state index is 12.8. The summed E-state index contributed by atoms with van der Waals surface area (Å²) in [7, 11) is -5.13. The summed E-state index contributed by atoms with van der Waals surface area (Å²) < 4.78 is 33.4. The summed E-state index contributed by atoms with van der Waals surface area (Å²) in [6, 6.07) is 0. The van der Waals surface area contributed by atoms with Gasteiger partial charge in [-0.1, -0.05) is 113 Å². The van der Waals surface area contributed by atoms with Gasteiger partial charge in [-0.05, 0) is 77.0 Å². The van der Waals surface area contributed by atoms with Crippen LogP contribution in [0.1, 0.15) is 142 Å². The Morgan fingerprint density at radius 3 is 1.58 bits per heavy atom. The first-order chi connectivity index (χ1) is 27.4. The number of phosphoric acid groups is 1. The van der Waals surface area contributed by atoms with E-state index >= 15 is 0 Å². The minimum absolute atomic E-state index is 0.0402. The minimum atomic E-state index is -5.13. The lowest BCUT2D eigenvalue weighted by molar-refractivity contribution is -0.220. The van der Waals surface area contributed by atoms with Gasteiger partial charge in [0.25, 0.3) is 0 Å². The summed E-state index contributed by atoms with van der Waals surface area (Å²) in [5.74, 6) is -1.17. The summed E-state index contributed by atoms with van der Waals surface area (Å²) in [5, 5.41) is 50.0. The lowest BCUT2D eigenvalue weighted by Gasteiger charge is -2.41. The number of carbonyl (C=O) groups is 2. The highest BCUT2D eigenvalue weighted by Gasteiger charge is 2.51. The molecule has 1 rings (SSSR count). The van der Waals surface area contributed by atoms with E-state index in [2.05, 4.69) is 68.5 Å². The fraction of sp³-hybridized carbons (Fsp3) is 0.721. The van der Waals surface area contributed by atoms with Crippen molar-refractivity contribution in [2.75, 3.05) is 13.2 Å². The van der Waals surface area contributed by atoms with Crippen molar-refractivity contribution in [3.63, 3.8) is 0 Å². The Labute approximate surface area is 341 Å². The smallest absolute Gasteiger partial charge is 0.462 e. The molecule has 14 heteroatoms. The largest absolute Gasteiger partial charge is 0.472 e. The Morgan fingerprint density at radius 1 is 0.561 bits per heavy atom. The van der Waals surface area contributed by atoms with Crippen molar-refractivity contribution < 1.29 is 63.1 Å². The molecule has 0 radical (unpaired) electrons. The predicted octanol–water partition coefficient (Wildman–Crippen LogP) is 7.38. The van der Waals surface area contributed by atoms with Gasteiger partial charge in [-0.2, -0.15) is 0 Å². The van der Waals surface area contributed by atoms with E-state index in [9.17, 15) is 44.6 Å². The molecule has 0 aromatic carbocycles. The maximum Gasteiger partial charge on any atom is 0.472 e. The number of aliphatic hydroxyl groups is 5. The molecular weight excluding hydrogens is 755 g/mol. The highest BCUT2D eigenvalue weighted by molar-refractivity contribution is 7.47. The number of hydrogen-bond donors (Lipinski definition) is 6. The van der Waals surface area contributed by atoms with Crippen molar-refractivity contribution >= 4 is 19.8 Å². The van der Waals surface area contributed by atoms with Gasteiger partial charge in [0.2, 0.25) is 0 Å². The Morgan fingerprint density at radius 2 is 1.00 bits per heavy atom. The number of phosphoric ester groups is 1. The van der Waals surface area contributed by atoms with Gasteiger partial charge in [0.15, 0.2) is 6.10 Å². The molecule has 6 N–H and O–H groups in total. The summed E-state index contributed by atoms with van der Waals surface area (Å²) >= 11 is 0. The second-order valence-corrected chi connectivity index (χ2v) is 15.9. The van der Waals surface area contributed by atoms with E-state index in [-0.39, 0.29) is 12.8 Å². The normalized spacial score (nSPS) is 23.3. The molecule has 6 unspecified atom stereocenters. The minimum Gasteiger partial charge on any atom is -0.462 e. The third kappa shape index (κ3) is 26.3. The van der Waals surface area contributed by atoms with Gasteiger partial charge in [0, 0.05) is 12.8 Å². The van der Waals surface area contributed by atoms with Crippen molar-refractivity contribution in [2.24, 2.45) is 0 Å². The van der Waals surface area contributed by atoms with Gasteiger partial charge >= 0.3 is 19.8 Å². The van der Waals surface area contributed by atoms with Crippen LogP contribution in [0, 0.1) is 0 Å². The molecule has 6 atom stereocenters.